The van der Waals surface area contributed by atoms with Gasteiger partial charge in [0.25, 0.3) is 0 Å². The van der Waals surface area contributed by atoms with Crippen LogP contribution in [0.4, 0.5) is 0 Å². The van der Waals surface area contributed by atoms with Gasteiger partial charge in [0, 0.05) is 41.3 Å². The van der Waals surface area contributed by atoms with E-state index in [4.69, 9.17) is 28.4 Å². The second-order valence-electron chi connectivity index (χ2n) is 11.1. The predicted octanol–water partition coefficient (Wildman–Crippen LogP) is 4.21. The fourth-order valence-corrected chi connectivity index (χ4v) is 6.34. The summed E-state index contributed by atoms with van der Waals surface area (Å²) in [5, 5.41) is 65.2. The molecule has 2 aliphatic rings. The minimum Gasteiger partial charge on any atom is -0.508 e. The molecule has 12 nitrogen and oxygen atoms in total. The Balaban J connectivity index is 1.58. The van der Waals surface area contributed by atoms with Crippen LogP contribution in [0.3, 0.4) is 0 Å². The monoisotopic (exact) mass is 634 g/mol. The Morgan fingerprint density at radius 3 is 1.96 bits per heavy atom. The zero-order chi connectivity index (χ0) is 32.9. The van der Waals surface area contributed by atoms with Crippen LogP contribution in [0.25, 0.3) is 0 Å². The summed E-state index contributed by atoms with van der Waals surface area (Å²) >= 11 is 0. The maximum absolute atomic E-state index is 12.1. The highest BCUT2D eigenvalue weighted by Crippen LogP contribution is 2.57. The number of aliphatic hydroxyl groups is 2. The third-order valence-corrected chi connectivity index (χ3v) is 8.49. The van der Waals surface area contributed by atoms with Crippen molar-refractivity contribution in [2.45, 2.75) is 36.8 Å². The molecule has 46 heavy (non-hydrogen) atoms. The van der Waals surface area contributed by atoms with E-state index in [0.29, 0.717) is 39.5 Å². The normalized spacial score (nSPS) is 21.7. The molecule has 12 heteroatoms. The van der Waals surface area contributed by atoms with Gasteiger partial charge < -0.3 is 59.1 Å². The summed E-state index contributed by atoms with van der Waals surface area (Å²) in [6.07, 6.45) is -4.42. The molecule has 0 aliphatic carbocycles. The number of ether oxygens (including phenoxy) is 6. The molecule has 0 radical (unpaired) electrons. The van der Waals surface area contributed by atoms with Crippen LogP contribution in [0.5, 0.6) is 57.5 Å². The van der Waals surface area contributed by atoms with Crippen molar-refractivity contribution in [1.29, 1.82) is 0 Å². The van der Waals surface area contributed by atoms with Crippen LogP contribution >= 0.6 is 0 Å². The number of rotatable bonds is 7. The molecule has 0 saturated heterocycles. The molecule has 0 fully saturated rings. The van der Waals surface area contributed by atoms with Gasteiger partial charge in [-0.3, -0.25) is 0 Å². The molecule has 0 aromatic heterocycles. The SMILES string of the molecule is COc1ccc([C@H]2Oc3c(c(OC)cc(OC)c3[C@H]3c4c(O)cc(O)cc4O[C@H](c4ccc(O)c(O)c4)[C@@H]3O)C[C@H]2O)cc1OC. The summed E-state index contributed by atoms with van der Waals surface area (Å²) in [4.78, 5) is 0. The predicted molar refractivity (Wildman–Crippen MR) is 163 cm³/mol. The van der Waals surface area contributed by atoms with Crippen molar-refractivity contribution >= 4 is 0 Å². The zero-order valence-corrected chi connectivity index (χ0v) is 25.4. The average Bonchev–Trinajstić information content (AvgIpc) is 3.04. The van der Waals surface area contributed by atoms with E-state index in [2.05, 4.69) is 0 Å². The molecule has 5 atom stereocenters. The lowest BCUT2D eigenvalue weighted by molar-refractivity contribution is 0.00115. The molecule has 0 bridgehead atoms. The Kier molecular flexibility index (Phi) is 8.01. The zero-order valence-electron chi connectivity index (χ0n) is 25.4. The number of phenols is 4. The molecule has 4 aromatic rings. The molecular formula is C34H34O12. The van der Waals surface area contributed by atoms with Gasteiger partial charge in [-0.25, -0.2) is 0 Å². The third kappa shape index (κ3) is 5.05. The smallest absolute Gasteiger partial charge is 0.161 e. The maximum atomic E-state index is 12.1. The molecular weight excluding hydrogens is 600 g/mol. The maximum Gasteiger partial charge on any atom is 0.161 e. The summed E-state index contributed by atoms with van der Waals surface area (Å²) in [5.41, 5.74) is 1.86. The van der Waals surface area contributed by atoms with E-state index in [0.717, 1.165) is 6.07 Å². The largest absolute Gasteiger partial charge is 0.508 e. The van der Waals surface area contributed by atoms with Crippen molar-refractivity contribution in [3.63, 3.8) is 0 Å². The van der Waals surface area contributed by atoms with Gasteiger partial charge in [0.05, 0.1) is 40.5 Å². The van der Waals surface area contributed by atoms with E-state index in [1.165, 1.54) is 52.7 Å². The molecule has 242 valence electrons. The van der Waals surface area contributed by atoms with Gasteiger partial charge in [-0.05, 0) is 35.4 Å². The lowest BCUT2D eigenvalue weighted by Crippen LogP contribution is -2.37. The van der Waals surface area contributed by atoms with E-state index in [-0.39, 0.29) is 46.5 Å². The van der Waals surface area contributed by atoms with Gasteiger partial charge >= 0.3 is 0 Å². The van der Waals surface area contributed by atoms with Gasteiger partial charge in [0.2, 0.25) is 0 Å². The van der Waals surface area contributed by atoms with Gasteiger partial charge in [-0.15, -0.1) is 0 Å². The first-order valence-corrected chi connectivity index (χ1v) is 14.4. The van der Waals surface area contributed by atoms with Gasteiger partial charge in [-0.2, -0.15) is 0 Å². The highest BCUT2D eigenvalue weighted by atomic mass is 16.5. The van der Waals surface area contributed by atoms with Crippen LogP contribution < -0.4 is 28.4 Å². The second-order valence-corrected chi connectivity index (χ2v) is 11.1. The van der Waals surface area contributed by atoms with Crippen LogP contribution in [0.15, 0.2) is 54.6 Å². The fourth-order valence-electron chi connectivity index (χ4n) is 6.34. The number of phenolic OH excluding ortho intramolecular Hbond substituents is 4. The topological polar surface area (TPSA) is 177 Å². The lowest BCUT2D eigenvalue weighted by atomic mass is 9.77. The minimum atomic E-state index is -1.44. The second kappa shape index (κ2) is 12.0. The van der Waals surface area contributed by atoms with Crippen LogP contribution in [0, 0.1) is 0 Å². The Hall–Kier alpha value is -5.20. The number of aromatic hydroxyl groups is 4. The number of hydrogen-bond donors (Lipinski definition) is 6. The van der Waals surface area contributed by atoms with Crippen molar-refractivity contribution < 1.29 is 59.1 Å². The van der Waals surface area contributed by atoms with E-state index in [1.54, 1.807) is 24.3 Å². The molecule has 6 N–H and O–H groups in total. The van der Waals surface area contributed by atoms with Crippen molar-refractivity contribution in [2.24, 2.45) is 0 Å². The van der Waals surface area contributed by atoms with Crippen molar-refractivity contribution in [3.8, 4) is 57.5 Å². The van der Waals surface area contributed by atoms with Crippen LogP contribution in [0.2, 0.25) is 0 Å². The van der Waals surface area contributed by atoms with Crippen molar-refractivity contribution in [2.75, 3.05) is 28.4 Å². The number of methoxy groups -OCH3 is 4. The Morgan fingerprint density at radius 1 is 0.609 bits per heavy atom. The summed E-state index contributed by atoms with van der Waals surface area (Å²) in [7, 11) is 5.93. The number of aliphatic hydroxyl groups excluding tert-OH is 2. The van der Waals surface area contributed by atoms with Gasteiger partial charge in [0.1, 0.15) is 46.7 Å². The van der Waals surface area contributed by atoms with Crippen LogP contribution in [-0.4, -0.2) is 71.3 Å². The standard InChI is InChI=1S/C34H34O12/c1-41-23-8-6-16(10-25(23)43-3)32-22(39)13-18-24(42-2)14-26(44-4)29(34(18)46-32)30-28-21(38)11-17(35)12-27(28)45-33(31(30)40)15-5-7-19(36)20(37)9-15/h5-12,14,22,30-33,35-40H,13H2,1-4H3/t22-,30-,31-,32-,33-/m1/s1. The number of hydrogen-bond acceptors (Lipinski definition) is 12. The summed E-state index contributed by atoms with van der Waals surface area (Å²) in [6, 6.07) is 13.2. The molecule has 2 heterocycles. The van der Waals surface area contributed by atoms with E-state index in [9.17, 15) is 30.6 Å². The van der Waals surface area contributed by atoms with E-state index in [1.807, 2.05) is 0 Å². The van der Waals surface area contributed by atoms with Gasteiger partial charge in [-0.1, -0.05) is 12.1 Å². The minimum absolute atomic E-state index is 0.0595. The summed E-state index contributed by atoms with van der Waals surface area (Å²) in [5.74, 6) is -0.670. The van der Waals surface area contributed by atoms with E-state index >= 15 is 0 Å². The highest BCUT2D eigenvalue weighted by Gasteiger charge is 2.46. The Labute approximate surface area is 264 Å². The first-order chi connectivity index (χ1) is 22.1. The van der Waals surface area contributed by atoms with Crippen molar-refractivity contribution in [1.82, 2.24) is 0 Å². The summed E-state index contributed by atoms with van der Waals surface area (Å²) < 4.78 is 35.1. The molecule has 2 aliphatic heterocycles. The quantitative estimate of drug-likeness (QED) is 0.160. The molecule has 0 unspecified atom stereocenters. The fraction of sp³-hybridized carbons (Fsp3) is 0.294. The number of benzene rings is 4. The first-order valence-electron chi connectivity index (χ1n) is 14.4. The average molecular weight is 635 g/mol. The molecule has 4 aromatic carbocycles. The molecule has 0 saturated carbocycles. The lowest BCUT2D eigenvalue weighted by Gasteiger charge is -2.40. The third-order valence-electron chi connectivity index (χ3n) is 8.49. The number of fused-ring (bicyclic) bond motifs is 2. The van der Waals surface area contributed by atoms with Crippen molar-refractivity contribution in [3.05, 3.63) is 82.4 Å². The highest BCUT2D eigenvalue weighted by molar-refractivity contribution is 5.66. The van der Waals surface area contributed by atoms with E-state index < -0.39 is 36.1 Å². The Bertz CT molecular complexity index is 1790. The van der Waals surface area contributed by atoms with Crippen LogP contribution in [-0.2, 0) is 6.42 Å². The Morgan fingerprint density at radius 2 is 1.28 bits per heavy atom. The van der Waals surface area contributed by atoms with Gasteiger partial charge in [0.15, 0.2) is 29.1 Å². The molecule has 0 spiro atoms. The van der Waals surface area contributed by atoms with Crippen LogP contribution in [0.1, 0.15) is 45.9 Å². The molecule has 6 rings (SSSR count). The first kappa shape index (κ1) is 30.8. The summed E-state index contributed by atoms with van der Waals surface area (Å²) in [6.45, 7) is 0. The molecule has 0 amide bonds.